The second kappa shape index (κ2) is 11.3. The largest absolute Gasteiger partial charge is 0.492 e. The van der Waals surface area contributed by atoms with Crippen LogP contribution < -0.4 is 15.3 Å². The SMILES string of the molecule is CCc1nn(CCCN2CCN(c3cccc(F)c3)CC2)c(=O)n1CCOc1ccc(F)cc1. The maximum absolute atomic E-state index is 13.5. The molecule has 0 unspecified atom stereocenters. The summed E-state index contributed by atoms with van der Waals surface area (Å²) in [4.78, 5) is 17.4. The molecule has 0 N–H and O–H groups in total. The van der Waals surface area contributed by atoms with Crippen LogP contribution >= 0.6 is 0 Å². The van der Waals surface area contributed by atoms with Crippen molar-refractivity contribution in [2.24, 2.45) is 0 Å². The standard InChI is InChI=1S/C25H31F2N5O2/c1-2-24-28-32(25(33)31(24)17-18-34-23-9-7-20(26)8-10-23)12-4-11-29-13-15-30(16-14-29)22-6-3-5-21(27)19-22/h3,5-10,19H,2,4,11-18H2,1H3. The highest BCUT2D eigenvalue weighted by Crippen LogP contribution is 2.17. The third kappa shape index (κ3) is 6.02. The molecule has 1 aliphatic rings. The van der Waals surface area contributed by atoms with E-state index in [2.05, 4.69) is 14.9 Å². The molecule has 0 atom stereocenters. The highest BCUT2D eigenvalue weighted by Gasteiger charge is 2.18. The lowest BCUT2D eigenvalue weighted by molar-refractivity contribution is 0.248. The van der Waals surface area contributed by atoms with Gasteiger partial charge in [-0.1, -0.05) is 13.0 Å². The van der Waals surface area contributed by atoms with Crippen molar-refractivity contribution in [2.45, 2.75) is 32.9 Å². The Morgan fingerprint density at radius 3 is 2.41 bits per heavy atom. The van der Waals surface area contributed by atoms with Crippen LogP contribution in [-0.4, -0.2) is 58.6 Å². The zero-order valence-corrected chi connectivity index (χ0v) is 19.5. The van der Waals surface area contributed by atoms with Crippen LogP contribution in [0.25, 0.3) is 0 Å². The van der Waals surface area contributed by atoms with Crippen molar-refractivity contribution in [3.63, 3.8) is 0 Å². The van der Waals surface area contributed by atoms with Gasteiger partial charge >= 0.3 is 5.69 Å². The average molecular weight is 472 g/mol. The zero-order chi connectivity index (χ0) is 23.9. The molecule has 0 aliphatic carbocycles. The average Bonchev–Trinajstić information content (AvgIpc) is 3.15. The van der Waals surface area contributed by atoms with Crippen LogP contribution in [0.4, 0.5) is 14.5 Å². The molecular formula is C25H31F2N5O2. The molecule has 0 radical (unpaired) electrons. The minimum absolute atomic E-state index is 0.129. The summed E-state index contributed by atoms with van der Waals surface area (Å²) < 4.78 is 35.3. The Hall–Kier alpha value is -3.20. The van der Waals surface area contributed by atoms with Crippen LogP contribution in [-0.2, 0) is 19.5 Å². The predicted molar refractivity (Wildman–Crippen MR) is 127 cm³/mol. The van der Waals surface area contributed by atoms with Gasteiger partial charge in [-0.2, -0.15) is 5.10 Å². The normalized spacial score (nSPS) is 14.5. The van der Waals surface area contributed by atoms with E-state index in [1.54, 1.807) is 33.5 Å². The number of aryl methyl sites for hydroxylation is 2. The second-order valence-electron chi connectivity index (χ2n) is 8.39. The lowest BCUT2D eigenvalue weighted by Gasteiger charge is -2.36. The molecule has 182 valence electrons. The van der Waals surface area contributed by atoms with Crippen molar-refractivity contribution in [1.82, 2.24) is 19.2 Å². The summed E-state index contributed by atoms with van der Waals surface area (Å²) in [5, 5.41) is 4.51. The van der Waals surface area contributed by atoms with Gasteiger partial charge in [-0.15, -0.1) is 0 Å². The van der Waals surface area contributed by atoms with E-state index in [-0.39, 0.29) is 17.3 Å². The van der Waals surface area contributed by atoms with Crippen LogP contribution in [0.1, 0.15) is 19.2 Å². The number of anilines is 1. The first kappa shape index (κ1) is 23.9. The van der Waals surface area contributed by atoms with E-state index >= 15 is 0 Å². The van der Waals surface area contributed by atoms with Gasteiger partial charge in [0.1, 0.15) is 29.8 Å². The Kier molecular flexibility index (Phi) is 7.95. The lowest BCUT2D eigenvalue weighted by Crippen LogP contribution is -2.46. The number of hydrogen-bond acceptors (Lipinski definition) is 5. The molecule has 2 aromatic carbocycles. The smallest absolute Gasteiger partial charge is 0.346 e. The molecule has 1 saturated heterocycles. The molecule has 0 saturated carbocycles. The van der Waals surface area contributed by atoms with E-state index in [9.17, 15) is 13.6 Å². The lowest BCUT2D eigenvalue weighted by atomic mass is 10.2. The molecule has 0 spiro atoms. The summed E-state index contributed by atoms with van der Waals surface area (Å²) in [5.41, 5.74) is 0.794. The number of ether oxygens (including phenoxy) is 1. The Morgan fingerprint density at radius 1 is 0.941 bits per heavy atom. The van der Waals surface area contributed by atoms with Gasteiger partial charge in [-0.05, 0) is 48.9 Å². The van der Waals surface area contributed by atoms with Crippen LogP contribution in [0.5, 0.6) is 5.75 Å². The Balaban J connectivity index is 1.24. The van der Waals surface area contributed by atoms with Crippen LogP contribution in [0.15, 0.2) is 53.3 Å². The number of aromatic nitrogens is 3. The predicted octanol–water partition coefficient (Wildman–Crippen LogP) is 3.18. The number of benzene rings is 2. The fourth-order valence-electron chi connectivity index (χ4n) is 4.25. The Bertz CT molecular complexity index is 1120. The summed E-state index contributed by atoms with van der Waals surface area (Å²) >= 11 is 0. The molecule has 1 aliphatic heterocycles. The molecule has 3 aromatic rings. The van der Waals surface area contributed by atoms with Gasteiger partial charge in [0.15, 0.2) is 0 Å². The molecule has 0 bridgehead atoms. The number of hydrogen-bond donors (Lipinski definition) is 0. The zero-order valence-electron chi connectivity index (χ0n) is 19.5. The van der Waals surface area contributed by atoms with Crippen molar-refractivity contribution in [1.29, 1.82) is 0 Å². The first-order chi connectivity index (χ1) is 16.5. The summed E-state index contributed by atoms with van der Waals surface area (Å²) in [6.07, 6.45) is 1.48. The maximum atomic E-state index is 13.5. The molecular weight excluding hydrogens is 440 g/mol. The molecule has 9 heteroatoms. The van der Waals surface area contributed by atoms with Crippen molar-refractivity contribution in [3.8, 4) is 5.75 Å². The van der Waals surface area contributed by atoms with Gasteiger partial charge in [0.05, 0.1) is 6.54 Å². The van der Waals surface area contributed by atoms with Gasteiger partial charge in [-0.25, -0.2) is 18.3 Å². The van der Waals surface area contributed by atoms with Gasteiger partial charge in [-0.3, -0.25) is 9.47 Å². The summed E-state index contributed by atoms with van der Waals surface area (Å²) in [5.74, 6) is 0.777. The van der Waals surface area contributed by atoms with E-state index in [4.69, 9.17) is 4.74 Å². The van der Waals surface area contributed by atoms with Crippen LogP contribution in [0.2, 0.25) is 0 Å². The van der Waals surface area contributed by atoms with E-state index in [0.717, 1.165) is 50.7 Å². The van der Waals surface area contributed by atoms with Crippen molar-refractivity contribution < 1.29 is 13.5 Å². The van der Waals surface area contributed by atoms with Gasteiger partial charge in [0.2, 0.25) is 0 Å². The number of nitrogens with zero attached hydrogens (tertiary/aromatic N) is 5. The summed E-state index contributed by atoms with van der Waals surface area (Å²) in [6.45, 7) is 7.62. The van der Waals surface area contributed by atoms with Crippen molar-refractivity contribution in [3.05, 3.63) is 76.5 Å². The van der Waals surface area contributed by atoms with E-state index in [0.29, 0.717) is 31.9 Å². The molecule has 7 nitrogen and oxygen atoms in total. The first-order valence-corrected chi connectivity index (χ1v) is 11.8. The topological polar surface area (TPSA) is 55.5 Å². The Morgan fingerprint density at radius 2 is 1.71 bits per heavy atom. The first-order valence-electron chi connectivity index (χ1n) is 11.8. The third-order valence-corrected chi connectivity index (χ3v) is 6.10. The highest BCUT2D eigenvalue weighted by molar-refractivity contribution is 5.46. The molecule has 1 aromatic heterocycles. The van der Waals surface area contributed by atoms with Gasteiger partial charge in [0.25, 0.3) is 0 Å². The highest BCUT2D eigenvalue weighted by atomic mass is 19.1. The molecule has 34 heavy (non-hydrogen) atoms. The summed E-state index contributed by atoms with van der Waals surface area (Å²) in [7, 11) is 0. The second-order valence-corrected chi connectivity index (χ2v) is 8.39. The Labute approximate surface area is 198 Å². The van der Waals surface area contributed by atoms with E-state index in [1.165, 1.54) is 18.2 Å². The van der Waals surface area contributed by atoms with Gasteiger partial charge in [0, 0.05) is 51.4 Å². The molecule has 1 fully saturated rings. The molecule has 4 rings (SSSR count). The monoisotopic (exact) mass is 471 g/mol. The minimum atomic E-state index is -0.313. The quantitative estimate of drug-likeness (QED) is 0.455. The fraction of sp³-hybridized carbons (Fsp3) is 0.440. The number of rotatable bonds is 10. The van der Waals surface area contributed by atoms with E-state index < -0.39 is 0 Å². The maximum Gasteiger partial charge on any atom is 0.346 e. The number of piperazine rings is 1. The summed E-state index contributed by atoms with van der Waals surface area (Å²) in [6, 6.07) is 12.6. The van der Waals surface area contributed by atoms with Crippen molar-refractivity contribution in [2.75, 3.05) is 44.2 Å². The number of halogens is 2. The van der Waals surface area contributed by atoms with E-state index in [1.807, 2.05) is 13.0 Å². The third-order valence-electron chi connectivity index (χ3n) is 6.10. The van der Waals surface area contributed by atoms with Crippen LogP contribution in [0.3, 0.4) is 0 Å². The minimum Gasteiger partial charge on any atom is -0.492 e. The fourth-order valence-corrected chi connectivity index (χ4v) is 4.25. The van der Waals surface area contributed by atoms with Crippen molar-refractivity contribution >= 4 is 5.69 Å². The van der Waals surface area contributed by atoms with Crippen LogP contribution in [0, 0.1) is 11.6 Å². The molecule has 0 amide bonds. The van der Waals surface area contributed by atoms with Gasteiger partial charge < -0.3 is 9.64 Å². The molecule has 2 heterocycles.